The van der Waals surface area contributed by atoms with Crippen LogP contribution in [0.4, 0.5) is 10.2 Å². The van der Waals surface area contributed by atoms with E-state index in [9.17, 15) is 4.39 Å². The molecule has 0 fully saturated rings. The van der Waals surface area contributed by atoms with Gasteiger partial charge >= 0.3 is 0 Å². The number of imidazole rings is 1. The second-order valence-corrected chi connectivity index (χ2v) is 6.38. The van der Waals surface area contributed by atoms with Crippen LogP contribution in [0.25, 0.3) is 17.0 Å². The first-order chi connectivity index (χ1) is 14.2. The van der Waals surface area contributed by atoms with Crippen LogP contribution in [0.1, 0.15) is 12.5 Å². The maximum atomic E-state index is 13.2. The van der Waals surface area contributed by atoms with Crippen LogP contribution in [-0.4, -0.2) is 28.1 Å². The normalized spacial score (nSPS) is 10.9. The molecule has 0 atom stereocenters. The zero-order chi connectivity index (χ0) is 20.2. The monoisotopic (exact) mass is 392 g/mol. The Balaban J connectivity index is 1.74. The molecule has 0 saturated heterocycles. The maximum Gasteiger partial charge on any atom is 0.235 e. The van der Waals surface area contributed by atoms with Crippen molar-refractivity contribution in [2.45, 2.75) is 13.5 Å². The summed E-state index contributed by atoms with van der Waals surface area (Å²) >= 11 is 0. The van der Waals surface area contributed by atoms with Crippen LogP contribution in [0.3, 0.4) is 0 Å². The van der Waals surface area contributed by atoms with Gasteiger partial charge in [-0.2, -0.15) is 0 Å². The van der Waals surface area contributed by atoms with Crippen LogP contribution in [-0.2, 0) is 6.54 Å². The molecule has 0 radical (unpaired) electrons. The van der Waals surface area contributed by atoms with Gasteiger partial charge in [-0.05, 0) is 48.9 Å². The third-order valence-electron chi connectivity index (χ3n) is 4.51. The van der Waals surface area contributed by atoms with E-state index in [-0.39, 0.29) is 5.82 Å². The standard InChI is InChI=1S/C22H21FN4O2/c1-3-29-18-10-7-16(13-19(18)28-2)20-21(27-12-4-11-24-22(27)26-20)25-14-15-5-8-17(23)9-6-15/h4-13,25H,3,14H2,1-2H3. The number of ether oxygens (including phenoxy) is 2. The molecule has 2 aromatic carbocycles. The minimum Gasteiger partial charge on any atom is -0.493 e. The summed E-state index contributed by atoms with van der Waals surface area (Å²) in [6.45, 7) is 3.00. The summed E-state index contributed by atoms with van der Waals surface area (Å²) in [5.41, 5.74) is 2.57. The van der Waals surface area contributed by atoms with E-state index < -0.39 is 0 Å². The first-order valence-electron chi connectivity index (χ1n) is 9.32. The zero-order valence-corrected chi connectivity index (χ0v) is 16.2. The van der Waals surface area contributed by atoms with Gasteiger partial charge in [-0.15, -0.1) is 0 Å². The number of hydrogen-bond donors (Lipinski definition) is 1. The molecule has 7 heteroatoms. The molecule has 6 nitrogen and oxygen atoms in total. The summed E-state index contributed by atoms with van der Waals surface area (Å²) in [6, 6.07) is 14.0. The molecule has 0 bridgehead atoms. The smallest absolute Gasteiger partial charge is 0.235 e. The fourth-order valence-electron chi connectivity index (χ4n) is 3.14. The van der Waals surface area contributed by atoms with Crippen molar-refractivity contribution in [1.82, 2.24) is 14.4 Å². The number of benzene rings is 2. The SMILES string of the molecule is CCOc1ccc(-c2nc3ncccn3c2NCc2ccc(F)cc2)cc1OC. The number of nitrogens with zero attached hydrogens (tertiary/aromatic N) is 3. The van der Waals surface area contributed by atoms with E-state index in [1.807, 2.05) is 41.8 Å². The molecule has 2 heterocycles. The van der Waals surface area contributed by atoms with Crippen LogP contribution >= 0.6 is 0 Å². The Bertz CT molecular complexity index is 1130. The fourth-order valence-corrected chi connectivity index (χ4v) is 3.14. The number of nitrogens with one attached hydrogen (secondary N) is 1. The topological polar surface area (TPSA) is 60.7 Å². The third kappa shape index (κ3) is 3.85. The van der Waals surface area contributed by atoms with Gasteiger partial charge in [-0.3, -0.25) is 4.40 Å². The van der Waals surface area contributed by atoms with Crippen molar-refractivity contribution in [2.24, 2.45) is 0 Å². The molecule has 0 unspecified atom stereocenters. The number of halogens is 1. The molecule has 0 spiro atoms. The van der Waals surface area contributed by atoms with Crippen molar-refractivity contribution < 1.29 is 13.9 Å². The molecule has 0 aliphatic carbocycles. The van der Waals surface area contributed by atoms with E-state index in [2.05, 4.69) is 10.3 Å². The molecule has 4 aromatic rings. The minimum atomic E-state index is -0.255. The van der Waals surface area contributed by atoms with Gasteiger partial charge in [0.25, 0.3) is 0 Å². The van der Waals surface area contributed by atoms with Crippen molar-refractivity contribution in [2.75, 3.05) is 19.0 Å². The zero-order valence-electron chi connectivity index (χ0n) is 16.2. The predicted molar refractivity (Wildman–Crippen MR) is 110 cm³/mol. The van der Waals surface area contributed by atoms with E-state index in [1.165, 1.54) is 12.1 Å². The Hall–Kier alpha value is -3.61. The quantitative estimate of drug-likeness (QED) is 0.500. The Morgan fingerprint density at radius 1 is 1.10 bits per heavy atom. The summed E-state index contributed by atoms with van der Waals surface area (Å²) in [6.07, 6.45) is 3.60. The van der Waals surface area contributed by atoms with Gasteiger partial charge in [0.1, 0.15) is 17.3 Å². The molecule has 4 rings (SSSR count). The van der Waals surface area contributed by atoms with Gasteiger partial charge in [0, 0.05) is 24.5 Å². The fraction of sp³-hybridized carbons (Fsp3) is 0.182. The Morgan fingerprint density at radius 2 is 1.93 bits per heavy atom. The number of rotatable bonds is 7. The van der Waals surface area contributed by atoms with Crippen LogP contribution in [0.5, 0.6) is 11.5 Å². The lowest BCUT2D eigenvalue weighted by atomic mass is 10.1. The minimum absolute atomic E-state index is 0.255. The molecule has 148 valence electrons. The van der Waals surface area contributed by atoms with Crippen molar-refractivity contribution in [3.63, 3.8) is 0 Å². The summed E-state index contributed by atoms with van der Waals surface area (Å²) in [5, 5.41) is 3.41. The highest BCUT2D eigenvalue weighted by atomic mass is 19.1. The second kappa shape index (κ2) is 8.18. The lowest BCUT2D eigenvalue weighted by Gasteiger charge is -2.12. The molecule has 0 aliphatic rings. The van der Waals surface area contributed by atoms with Gasteiger partial charge in [0.15, 0.2) is 11.5 Å². The maximum absolute atomic E-state index is 13.2. The van der Waals surface area contributed by atoms with Crippen molar-refractivity contribution in [3.05, 3.63) is 72.3 Å². The first kappa shape index (κ1) is 18.7. The lowest BCUT2D eigenvalue weighted by Crippen LogP contribution is -2.04. The number of anilines is 1. The Labute approximate surface area is 168 Å². The lowest BCUT2D eigenvalue weighted by molar-refractivity contribution is 0.311. The molecule has 0 aliphatic heterocycles. The van der Waals surface area contributed by atoms with Gasteiger partial charge in [-0.1, -0.05) is 12.1 Å². The Morgan fingerprint density at radius 3 is 2.69 bits per heavy atom. The predicted octanol–water partition coefficient (Wildman–Crippen LogP) is 4.55. The van der Waals surface area contributed by atoms with Gasteiger partial charge in [0.05, 0.1) is 13.7 Å². The number of aromatic nitrogens is 3. The summed E-state index contributed by atoms with van der Waals surface area (Å²) in [7, 11) is 1.61. The van der Waals surface area contributed by atoms with Crippen LogP contribution in [0.2, 0.25) is 0 Å². The van der Waals surface area contributed by atoms with Crippen molar-refractivity contribution in [1.29, 1.82) is 0 Å². The molecule has 0 amide bonds. The van der Waals surface area contributed by atoms with Gasteiger partial charge < -0.3 is 14.8 Å². The average Bonchev–Trinajstić information content (AvgIpc) is 3.12. The van der Waals surface area contributed by atoms with E-state index in [0.29, 0.717) is 30.4 Å². The first-order valence-corrected chi connectivity index (χ1v) is 9.32. The van der Waals surface area contributed by atoms with Crippen LogP contribution in [0.15, 0.2) is 60.9 Å². The molecule has 0 saturated carbocycles. The van der Waals surface area contributed by atoms with E-state index in [0.717, 1.165) is 22.6 Å². The van der Waals surface area contributed by atoms with Gasteiger partial charge in [-0.25, -0.2) is 14.4 Å². The Kier molecular flexibility index (Phi) is 5.29. The second-order valence-electron chi connectivity index (χ2n) is 6.38. The highest BCUT2D eigenvalue weighted by Crippen LogP contribution is 2.35. The number of hydrogen-bond acceptors (Lipinski definition) is 5. The third-order valence-corrected chi connectivity index (χ3v) is 4.51. The van der Waals surface area contributed by atoms with Crippen LogP contribution in [0, 0.1) is 5.82 Å². The number of methoxy groups -OCH3 is 1. The number of fused-ring (bicyclic) bond motifs is 1. The highest BCUT2D eigenvalue weighted by molar-refractivity contribution is 5.77. The molecule has 29 heavy (non-hydrogen) atoms. The van der Waals surface area contributed by atoms with E-state index in [4.69, 9.17) is 14.5 Å². The molecule has 2 aromatic heterocycles. The summed E-state index contributed by atoms with van der Waals surface area (Å²) in [5.74, 6) is 2.44. The van der Waals surface area contributed by atoms with E-state index >= 15 is 0 Å². The summed E-state index contributed by atoms with van der Waals surface area (Å²) < 4.78 is 26.2. The van der Waals surface area contributed by atoms with Crippen molar-refractivity contribution in [3.8, 4) is 22.8 Å². The largest absolute Gasteiger partial charge is 0.493 e. The van der Waals surface area contributed by atoms with Crippen LogP contribution < -0.4 is 14.8 Å². The van der Waals surface area contributed by atoms with E-state index in [1.54, 1.807) is 25.4 Å². The summed E-state index contributed by atoms with van der Waals surface area (Å²) in [4.78, 5) is 9.04. The van der Waals surface area contributed by atoms with Gasteiger partial charge in [0.2, 0.25) is 5.78 Å². The average molecular weight is 392 g/mol. The molecular weight excluding hydrogens is 371 g/mol. The molecule has 1 N–H and O–H groups in total. The van der Waals surface area contributed by atoms with Crippen molar-refractivity contribution >= 4 is 11.6 Å². The molecular formula is C22H21FN4O2. The highest BCUT2D eigenvalue weighted by Gasteiger charge is 2.17.